The maximum Gasteiger partial charge on any atom is 0.236 e. The summed E-state index contributed by atoms with van der Waals surface area (Å²) in [6.07, 6.45) is 0. The summed E-state index contributed by atoms with van der Waals surface area (Å²) in [7, 11) is 1.69. The van der Waals surface area contributed by atoms with Gasteiger partial charge in [0, 0.05) is 38.8 Å². The quantitative estimate of drug-likeness (QED) is 0.782. The van der Waals surface area contributed by atoms with E-state index in [9.17, 15) is 9.18 Å². The molecule has 4 nitrogen and oxygen atoms in total. The van der Waals surface area contributed by atoms with Crippen LogP contribution in [0.3, 0.4) is 0 Å². The zero-order chi connectivity index (χ0) is 17.4. The molecular formula is C19H25ClFN3O. The summed E-state index contributed by atoms with van der Waals surface area (Å²) in [6, 6.07) is 16.5. The summed E-state index contributed by atoms with van der Waals surface area (Å²) in [5.41, 5.74) is 7.31. The van der Waals surface area contributed by atoms with Gasteiger partial charge in [0.15, 0.2) is 0 Å². The molecule has 2 aromatic rings. The average Bonchev–Trinajstić information content (AvgIpc) is 2.58. The van der Waals surface area contributed by atoms with Crippen molar-refractivity contribution in [3.05, 3.63) is 71.5 Å². The normalized spacial score (nSPS) is 10.4. The Morgan fingerprint density at radius 3 is 2.32 bits per heavy atom. The summed E-state index contributed by atoms with van der Waals surface area (Å²) < 4.78 is 13.7. The Kier molecular flexibility index (Phi) is 9.13. The molecule has 1 amide bonds. The van der Waals surface area contributed by atoms with Gasteiger partial charge in [-0.3, -0.25) is 9.69 Å². The molecule has 0 aliphatic heterocycles. The number of hydrogen-bond acceptors (Lipinski definition) is 3. The van der Waals surface area contributed by atoms with E-state index in [1.165, 1.54) is 6.07 Å². The third kappa shape index (κ3) is 6.82. The Morgan fingerprint density at radius 1 is 1.04 bits per heavy atom. The number of carbonyl (C=O) groups is 1. The van der Waals surface area contributed by atoms with Crippen molar-refractivity contribution in [2.75, 3.05) is 26.7 Å². The van der Waals surface area contributed by atoms with Crippen LogP contribution in [0.15, 0.2) is 54.6 Å². The third-order valence-electron chi connectivity index (χ3n) is 3.84. The van der Waals surface area contributed by atoms with E-state index in [0.717, 1.165) is 5.56 Å². The molecular weight excluding hydrogens is 341 g/mol. The highest BCUT2D eigenvalue weighted by Gasteiger charge is 2.16. The third-order valence-corrected chi connectivity index (χ3v) is 3.84. The number of carbonyl (C=O) groups excluding carboxylic acids is 1. The van der Waals surface area contributed by atoms with E-state index in [1.807, 2.05) is 35.2 Å². The molecule has 0 unspecified atom stereocenters. The highest BCUT2D eigenvalue weighted by molar-refractivity contribution is 5.85. The zero-order valence-corrected chi connectivity index (χ0v) is 15.2. The van der Waals surface area contributed by atoms with E-state index < -0.39 is 0 Å². The van der Waals surface area contributed by atoms with Gasteiger partial charge in [0.1, 0.15) is 5.82 Å². The Balaban J connectivity index is 0.00000312. The van der Waals surface area contributed by atoms with E-state index in [1.54, 1.807) is 30.1 Å². The van der Waals surface area contributed by atoms with Crippen LogP contribution in [0.25, 0.3) is 0 Å². The van der Waals surface area contributed by atoms with Gasteiger partial charge in [-0.1, -0.05) is 48.5 Å². The van der Waals surface area contributed by atoms with Gasteiger partial charge in [-0.25, -0.2) is 4.39 Å². The van der Waals surface area contributed by atoms with Crippen LogP contribution in [-0.2, 0) is 17.9 Å². The molecule has 0 aromatic heterocycles. The molecule has 0 fully saturated rings. The number of rotatable bonds is 8. The van der Waals surface area contributed by atoms with Crippen molar-refractivity contribution < 1.29 is 9.18 Å². The van der Waals surface area contributed by atoms with Crippen molar-refractivity contribution in [2.45, 2.75) is 13.1 Å². The van der Waals surface area contributed by atoms with Gasteiger partial charge in [-0.05, 0) is 11.6 Å². The van der Waals surface area contributed by atoms with Crippen molar-refractivity contribution in [1.29, 1.82) is 0 Å². The number of nitrogens with zero attached hydrogens (tertiary/aromatic N) is 2. The number of hydrogen-bond donors (Lipinski definition) is 1. The first-order valence-electron chi connectivity index (χ1n) is 8.04. The fraction of sp³-hybridized carbons (Fsp3) is 0.316. The maximum atomic E-state index is 13.7. The van der Waals surface area contributed by atoms with Gasteiger partial charge in [-0.15, -0.1) is 12.4 Å². The van der Waals surface area contributed by atoms with Crippen molar-refractivity contribution >= 4 is 18.3 Å². The number of benzene rings is 2. The molecule has 0 saturated heterocycles. The van der Waals surface area contributed by atoms with Gasteiger partial charge in [0.05, 0.1) is 6.54 Å². The second kappa shape index (κ2) is 10.8. The number of halogens is 2. The molecule has 0 aliphatic rings. The van der Waals surface area contributed by atoms with Crippen molar-refractivity contribution in [3.63, 3.8) is 0 Å². The van der Waals surface area contributed by atoms with Crippen molar-refractivity contribution in [3.8, 4) is 0 Å². The largest absolute Gasteiger partial charge is 0.340 e. The lowest BCUT2D eigenvalue weighted by Gasteiger charge is -2.25. The topological polar surface area (TPSA) is 49.6 Å². The van der Waals surface area contributed by atoms with E-state index in [2.05, 4.69) is 0 Å². The fourth-order valence-corrected chi connectivity index (χ4v) is 2.52. The molecule has 0 aliphatic carbocycles. The van der Waals surface area contributed by atoms with E-state index in [0.29, 0.717) is 25.2 Å². The van der Waals surface area contributed by atoms with Crippen LogP contribution < -0.4 is 5.73 Å². The van der Waals surface area contributed by atoms with Gasteiger partial charge >= 0.3 is 0 Å². The van der Waals surface area contributed by atoms with Gasteiger partial charge in [0.25, 0.3) is 0 Å². The Morgan fingerprint density at radius 2 is 1.68 bits per heavy atom. The molecule has 2 aromatic carbocycles. The number of likely N-dealkylation sites (N-methyl/N-ethyl adjacent to an activating group) is 1. The average molecular weight is 366 g/mol. The van der Waals surface area contributed by atoms with Gasteiger partial charge < -0.3 is 10.6 Å². The summed E-state index contributed by atoms with van der Waals surface area (Å²) >= 11 is 0. The second-order valence-corrected chi connectivity index (χ2v) is 5.83. The predicted octanol–water partition coefficient (Wildman–Crippen LogP) is 2.67. The molecule has 2 rings (SSSR count). The fourth-order valence-electron chi connectivity index (χ4n) is 2.52. The van der Waals surface area contributed by atoms with Crippen LogP contribution in [-0.4, -0.2) is 42.4 Å². The Bertz CT molecular complexity index is 654. The molecule has 2 N–H and O–H groups in total. The molecule has 136 valence electrons. The zero-order valence-electron chi connectivity index (χ0n) is 14.4. The highest BCUT2D eigenvalue weighted by atomic mass is 35.5. The van der Waals surface area contributed by atoms with E-state index >= 15 is 0 Å². The number of amides is 1. The smallest absolute Gasteiger partial charge is 0.236 e. The first-order chi connectivity index (χ1) is 11.6. The van der Waals surface area contributed by atoms with Crippen LogP contribution in [0.1, 0.15) is 11.1 Å². The minimum atomic E-state index is -0.291. The van der Waals surface area contributed by atoms with E-state index in [4.69, 9.17) is 5.73 Å². The van der Waals surface area contributed by atoms with E-state index in [-0.39, 0.29) is 37.2 Å². The Labute approximate surface area is 154 Å². The SMILES string of the molecule is CN(Cc1ccccc1F)C(=O)CN(CCN)Cc1ccccc1.Cl. The molecule has 25 heavy (non-hydrogen) atoms. The van der Waals surface area contributed by atoms with Crippen LogP contribution in [0.5, 0.6) is 0 Å². The first kappa shape index (κ1) is 21.1. The van der Waals surface area contributed by atoms with Crippen LogP contribution in [0.4, 0.5) is 4.39 Å². The van der Waals surface area contributed by atoms with Gasteiger partial charge in [-0.2, -0.15) is 0 Å². The lowest BCUT2D eigenvalue weighted by Crippen LogP contribution is -2.40. The summed E-state index contributed by atoms with van der Waals surface area (Å²) in [5.74, 6) is -0.345. The summed E-state index contributed by atoms with van der Waals surface area (Å²) in [6.45, 7) is 2.30. The summed E-state index contributed by atoms with van der Waals surface area (Å²) in [4.78, 5) is 16.0. The molecule has 0 heterocycles. The molecule has 0 saturated carbocycles. The van der Waals surface area contributed by atoms with Crippen LogP contribution in [0, 0.1) is 5.82 Å². The maximum absolute atomic E-state index is 13.7. The second-order valence-electron chi connectivity index (χ2n) is 5.83. The molecule has 0 bridgehead atoms. The van der Waals surface area contributed by atoms with Crippen molar-refractivity contribution in [2.24, 2.45) is 5.73 Å². The lowest BCUT2D eigenvalue weighted by atomic mass is 10.2. The number of nitrogens with two attached hydrogens (primary N) is 1. The molecule has 0 spiro atoms. The molecule has 6 heteroatoms. The molecule has 0 atom stereocenters. The minimum Gasteiger partial charge on any atom is -0.340 e. The predicted molar refractivity (Wildman–Crippen MR) is 101 cm³/mol. The lowest BCUT2D eigenvalue weighted by molar-refractivity contribution is -0.131. The minimum absolute atomic E-state index is 0. The first-order valence-corrected chi connectivity index (χ1v) is 8.04. The summed E-state index contributed by atoms with van der Waals surface area (Å²) in [5, 5.41) is 0. The molecule has 0 radical (unpaired) electrons. The highest BCUT2D eigenvalue weighted by Crippen LogP contribution is 2.10. The van der Waals surface area contributed by atoms with Crippen molar-refractivity contribution in [1.82, 2.24) is 9.80 Å². The van der Waals surface area contributed by atoms with Crippen LogP contribution >= 0.6 is 12.4 Å². The standard InChI is InChI=1S/C19H24FN3O.ClH/c1-22(14-17-9-5-6-10-18(17)20)19(24)15-23(12-11-21)13-16-7-3-2-4-8-16;/h2-10H,11-15,21H2,1H3;1H. The van der Waals surface area contributed by atoms with Crippen LogP contribution in [0.2, 0.25) is 0 Å². The monoisotopic (exact) mass is 365 g/mol. The Hall–Kier alpha value is -1.95. The van der Waals surface area contributed by atoms with Gasteiger partial charge in [0.2, 0.25) is 5.91 Å².